The predicted molar refractivity (Wildman–Crippen MR) is 72.5 cm³/mol. The van der Waals surface area contributed by atoms with Crippen LogP contribution < -0.4 is 0 Å². The van der Waals surface area contributed by atoms with E-state index in [1.807, 2.05) is 28.0 Å². The van der Waals surface area contributed by atoms with E-state index >= 15 is 0 Å². The molecule has 1 N–H and O–H groups in total. The van der Waals surface area contributed by atoms with Crippen LogP contribution in [-0.2, 0) is 0 Å². The molecule has 0 aliphatic heterocycles. The summed E-state index contributed by atoms with van der Waals surface area (Å²) in [6.45, 7) is 0. The summed E-state index contributed by atoms with van der Waals surface area (Å²) in [6.07, 6.45) is -0.792. The Morgan fingerprint density at radius 2 is 2.12 bits per heavy atom. The van der Waals surface area contributed by atoms with Crippen LogP contribution in [-0.4, -0.2) is 5.11 Å². The van der Waals surface area contributed by atoms with Crippen LogP contribution in [0.3, 0.4) is 0 Å². The maximum Gasteiger partial charge on any atom is 0.124 e. The highest BCUT2D eigenvalue weighted by molar-refractivity contribution is 14.1. The number of aliphatic hydroxyl groups is 1. The Balaban J connectivity index is 2.41. The third kappa shape index (κ3) is 2.40. The number of hydrogen-bond donors (Lipinski definition) is 1. The van der Waals surface area contributed by atoms with E-state index in [-0.39, 0.29) is 5.82 Å². The maximum absolute atomic E-state index is 12.9. The Hall–Kier alpha value is -0.170. The van der Waals surface area contributed by atoms with Crippen LogP contribution in [0.25, 0.3) is 0 Å². The zero-order valence-electron chi connectivity index (χ0n) is 7.95. The van der Waals surface area contributed by atoms with Gasteiger partial charge in [0.2, 0.25) is 0 Å². The van der Waals surface area contributed by atoms with E-state index in [4.69, 9.17) is 11.6 Å². The van der Waals surface area contributed by atoms with Crippen LogP contribution >= 0.6 is 45.5 Å². The van der Waals surface area contributed by atoms with Crippen LogP contribution in [0.1, 0.15) is 16.5 Å². The van der Waals surface area contributed by atoms with Crippen LogP contribution in [0.5, 0.6) is 0 Å². The van der Waals surface area contributed by atoms with Crippen molar-refractivity contribution in [3.63, 3.8) is 0 Å². The number of hydrogen-bond acceptors (Lipinski definition) is 2. The molecule has 0 saturated carbocycles. The van der Waals surface area contributed by atoms with Crippen molar-refractivity contribution in [2.75, 3.05) is 0 Å². The summed E-state index contributed by atoms with van der Waals surface area (Å²) in [4.78, 5) is 0.686. The lowest BCUT2D eigenvalue weighted by Crippen LogP contribution is -2.00. The SMILES string of the molecule is OC(c1ccc(F)cc1I)c1sccc1Cl. The molecule has 1 unspecified atom stereocenters. The zero-order valence-corrected chi connectivity index (χ0v) is 11.7. The Morgan fingerprint density at radius 3 is 2.69 bits per heavy atom. The molecular weight excluding hydrogens is 362 g/mol. The van der Waals surface area contributed by atoms with Gasteiger partial charge < -0.3 is 5.11 Å². The Bertz CT molecular complexity index is 514. The van der Waals surface area contributed by atoms with Crippen molar-refractivity contribution in [1.29, 1.82) is 0 Å². The molecule has 0 aliphatic rings. The molecule has 1 aromatic carbocycles. The number of benzene rings is 1. The third-order valence-corrected chi connectivity index (χ3v) is 4.50. The molecule has 0 bridgehead atoms. The highest BCUT2D eigenvalue weighted by atomic mass is 127. The fraction of sp³-hybridized carbons (Fsp3) is 0.0909. The highest BCUT2D eigenvalue weighted by Crippen LogP contribution is 2.34. The van der Waals surface area contributed by atoms with Gasteiger partial charge in [-0.25, -0.2) is 4.39 Å². The molecule has 0 radical (unpaired) electrons. The largest absolute Gasteiger partial charge is 0.383 e. The molecule has 0 fully saturated rings. The monoisotopic (exact) mass is 368 g/mol. The van der Waals surface area contributed by atoms with Crippen molar-refractivity contribution in [3.8, 4) is 0 Å². The van der Waals surface area contributed by atoms with Gasteiger partial charge >= 0.3 is 0 Å². The van der Waals surface area contributed by atoms with Gasteiger partial charge in [-0.3, -0.25) is 0 Å². The lowest BCUT2D eigenvalue weighted by molar-refractivity contribution is 0.223. The summed E-state index contributed by atoms with van der Waals surface area (Å²) in [7, 11) is 0. The van der Waals surface area contributed by atoms with E-state index in [1.165, 1.54) is 23.5 Å². The van der Waals surface area contributed by atoms with Crippen LogP contribution in [0.2, 0.25) is 5.02 Å². The predicted octanol–water partition coefficient (Wildman–Crippen LogP) is 4.23. The first-order valence-corrected chi connectivity index (χ1v) is 6.79. The van der Waals surface area contributed by atoms with Gasteiger partial charge in [-0.05, 0) is 51.7 Å². The quantitative estimate of drug-likeness (QED) is 0.787. The number of halogens is 3. The van der Waals surface area contributed by atoms with E-state index in [9.17, 15) is 9.50 Å². The second kappa shape index (κ2) is 5.00. The molecule has 84 valence electrons. The van der Waals surface area contributed by atoms with Crippen molar-refractivity contribution < 1.29 is 9.50 Å². The summed E-state index contributed by atoms with van der Waals surface area (Å²) in [6, 6.07) is 6.04. The fourth-order valence-corrected chi connectivity index (χ4v) is 3.30. The molecule has 1 aromatic heterocycles. The molecule has 2 rings (SSSR count). The Labute approximate surface area is 115 Å². The lowest BCUT2D eigenvalue weighted by atomic mass is 10.1. The summed E-state index contributed by atoms with van der Waals surface area (Å²) >= 11 is 9.33. The minimum absolute atomic E-state index is 0.308. The second-order valence-electron chi connectivity index (χ2n) is 3.20. The number of thiophene rings is 1. The Kier molecular flexibility index (Phi) is 3.84. The summed E-state index contributed by atoms with van der Waals surface area (Å²) < 4.78 is 13.6. The van der Waals surface area contributed by atoms with Crippen molar-refractivity contribution in [3.05, 3.63) is 54.5 Å². The molecule has 0 spiro atoms. The summed E-state index contributed by atoms with van der Waals surface area (Å²) in [5.74, 6) is -0.308. The molecule has 5 heteroatoms. The average molecular weight is 369 g/mol. The molecule has 2 aromatic rings. The molecule has 1 nitrogen and oxygen atoms in total. The van der Waals surface area contributed by atoms with Crippen molar-refractivity contribution in [2.45, 2.75) is 6.10 Å². The van der Waals surface area contributed by atoms with Gasteiger partial charge in [0.15, 0.2) is 0 Å². The van der Waals surface area contributed by atoms with Gasteiger partial charge in [-0.1, -0.05) is 17.7 Å². The number of aliphatic hydroxyl groups excluding tert-OH is 1. The lowest BCUT2D eigenvalue weighted by Gasteiger charge is -2.11. The van der Waals surface area contributed by atoms with Crippen molar-refractivity contribution >= 4 is 45.5 Å². The highest BCUT2D eigenvalue weighted by Gasteiger charge is 2.17. The van der Waals surface area contributed by atoms with Gasteiger partial charge in [-0.15, -0.1) is 11.3 Å². The van der Waals surface area contributed by atoms with Gasteiger partial charge in [0.1, 0.15) is 11.9 Å². The van der Waals surface area contributed by atoms with Gasteiger partial charge in [0.25, 0.3) is 0 Å². The minimum atomic E-state index is -0.792. The van der Waals surface area contributed by atoms with E-state index in [0.29, 0.717) is 19.0 Å². The van der Waals surface area contributed by atoms with Gasteiger partial charge in [0.05, 0.1) is 9.90 Å². The summed E-state index contributed by atoms with van der Waals surface area (Å²) in [5.41, 5.74) is 0.673. The normalized spacial score (nSPS) is 12.8. The third-order valence-electron chi connectivity index (χ3n) is 2.15. The molecule has 0 aliphatic carbocycles. The molecule has 0 amide bonds. The van der Waals surface area contributed by atoms with Crippen LogP contribution in [0, 0.1) is 9.39 Å². The Morgan fingerprint density at radius 1 is 1.38 bits per heavy atom. The first-order valence-electron chi connectivity index (χ1n) is 4.45. The first kappa shape index (κ1) is 12.3. The summed E-state index contributed by atoms with van der Waals surface area (Å²) in [5, 5.41) is 12.5. The van der Waals surface area contributed by atoms with E-state index in [0.717, 1.165) is 0 Å². The minimum Gasteiger partial charge on any atom is -0.383 e. The van der Waals surface area contributed by atoms with Crippen molar-refractivity contribution in [1.82, 2.24) is 0 Å². The topological polar surface area (TPSA) is 20.2 Å². The molecule has 1 heterocycles. The standard InChI is InChI=1S/C11H7ClFIOS/c12-8-3-4-16-11(8)10(15)7-2-1-6(13)5-9(7)14/h1-5,10,15H. The van der Waals surface area contributed by atoms with Crippen molar-refractivity contribution in [2.24, 2.45) is 0 Å². The van der Waals surface area contributed by atoms with E-state index in [2.05, 4.69) is 0 Å². The smallest absolute Gasteiger partial charge is 0.124 e. The first-order chi connectivity index (χ1) is 7.59. The number of rotatable bonds is 2. The van der Waals surface area contributed by atoms with E-state index in [1.54, 1.807) is 12.1 Å². The van der Waals surface area contributed by atoms with Gasteiger partial charge in [0, 0.05) is 3.57 Å². The molecule has 0 saturated heterocycles. The zero-order chi connectivity index (χ0) is 11.7. The molecule has 16 heavy (non-hydrogen) atoms. The van der Waals surface area contributed by atoms with Crippen LogP contribution in [0.4, 0.5) is 4.39 Å². The maximum atomic E-state index is 12.9. The molecular formula is C11H7ClFIOS. The molecule has 1 atom stereocenters. The fourth-order valence-electron chi connectivity index (χ4n) is 1.37. The van der Waals surface area contributed by atoms with E-state index < -0.39 is 6.10 Å². The van der Waals surface area contributed by atoms with Gasteiger partial charge in [-0.2, -0.15) is 0 Å². The van der Waals surface area contributed by atoms with Crippen LogP contribution in [0.15, 0.2) is 29.6 Å². The second-order valence-corrected chi connectivity index (χ2v) is 5.72. The average Bonchev–Trinajstić information content (AvgIpc) is 2.63.